The van der Waals surface area contributed by atoms with Crippen LogP contribution in [0.3, 0.4) is 0 Å². The topological polar surface area (TPSA) is 76.2 Å². The smallest absolute Gasteiger partial charge is 0.257 e. The van der Waals surface area contributed by atoms with Crippen LogP contribution < -0.4 is 14.4 Å². The molecule has 8 heteroatoms. The zero-order chi connectivity index (χ0) is 23.6. The fourth-order valence-corrected chi connectivity index (χ4v) is 3.80. The minimum atomic E-state index is -0.983. The van der Waals surface area contributed by atoms with Crippen LogP contribution in [0.15, 0.2) is 42.5 Å². The minimum Gasteiger partial charge on any atom is -0.493 e. The van der Waals surface area contributed by atoms with Gasteiger partial charge in [-0.15, -0.1) is 0 Å². The van der Waals surface area contributed by atoms with Crippen molar-refractivity contribution in [1.29, 1.82) is 0 Å². The number of ether oxygens (including phenoxy) is 2. The lowest BCUT2D eigenvalue weighted by Crippen LogP contribution is -2.55. The molecule has 2 aromatic carbocycles. The second-order valence-corrected chi connectivity index (χ2v) is 8.17. The zero-order valence-electron chi connectivity index (χ0n) is 18.8. The lowest BCUT2D eigenvalue weighted by Gasteiger charge is -2.41. The summed E-state index contributed by atoms with van der Waals surface area (Å²) in [6.07, 6.45) is 0.402. The Bertz CT molecular complexity index is 1040. The molecule has 7 nitrogen and oxygen atoms in total. The molecule has 0 saturated carbocycles. The van der Waals surface area contributed by atoms with Crippen molar-refractivity contribution in [2.24, 2.45) is 0 Å². The average Bonchev–Trinajstić information content (AvgIpc) is 3.07. The van der Waals surface area contributed by atoms with Crippen LogP contribution in [0, 0.1) is 5.82 Å². The maximum absolute atomic E-state index is 13.6. The van der Waals surface area contributed by atoms with E-state index in [9.17, 15) is 18.8 Å². The van der Waals surface area contributed by atoms with Crippen molar-refractivity contribution in [2.45, 2.75) is 45.2 Å². The summed E-state index contributed by atoms with van der Waals surface area (Å²) < 4.78 is 23.9. The number of rotatable bonds is 7. The van der Waals surface area contributed by atoms with Gasteiger partial charge in [0.1, 0.15) is 11.9 Å². The fourth-order valence-electron chi connectivity index (χ4n) is 3.80. The molecule has 1 heterocycles. The Morgan fingerprint density at radius 2 is 1.72 bits per heavy atom. The van der Waals surface area contributed by atoms with Crippen molar-refractivity contribution in [3.8, 4) is 11.5 Å². The van der Waals surface area contributed by atoms with Gasteiger partial charge in [0.15, 0.2) is 11.5 Å². The second-order valence-electron chi connectivity index (χ2n) is 8.17. The number of imide groups is 1. The van der Waals surface area contributed by atoms with E-state index in [4.69, 9.17) is 9.47 Å². The van der Waals surface area contributed by atoms with Gasteiger partial charge < -0.3 is 14.4 Å². The van der Waals surface area contributed by atoms with E-state index in [-0.39, 0.29) is 12.1 Å². The van der Waals surface area contributed by atoms with Crippen molar-refractivity contribution in [1.82, 2.24) is 4.90 Å². The standard InChI is InChI=1S/C24H27FN2O5/c1-6-24(2,3)27(22(29)15-7-12-19(31-4)20(13-15)32-5)18-14-21(28)26(23(18)30)17-10-8-16(25)9-11-17/h7-13,18H,6,14H2,1-5H3. The highest BCUT2D eigenvalue weighted by Crippen LogP contribution is 2.34. The SMILES string of the molecule is CCC(C)(C)N(C(=O)c1ccc(OC)c(OC)c1)C1CC(=O)N(c2ccc(F)cc2)C1=O. The number of nitrogens with zero attached hydrogens (tertiary/aromatic N) is 2. The summed E-state index contributed by atoms with van der Waals surface area (Å²) in [6.45, 7) is 5.61. The molecule has 3 amide bonds. The Morgan fingerprint density at radius 1 is 1.09 bits per heavy atom. The molecule has 0 spiro atoms. The van der Waals surface area contributed by atoms with Gasteiger partial charge in [-0.1, -0.05) is 6.92 Å². The first kappa shape index (κ1) is 23.2. The Kier molecular flexibility index (Phi) is 6.52. The predicted molar refractivity (Wildman–Crippen MR) is 117 cm³/mol. The molecule has 1 atom stereocenters. The highest BCUT2D eigenvalue weighted by Gasteiger charge is 2.48. The molecule has 1 unspecified atom stereocenters. The summed E-state index contributed by atoms with van der Waals surface area (Å²) in [7, 11) is 2.97. The van der Waals surface area contributed by atoms with Crippen LogP contribution in [0.2, 0.25) is 0 Å². The molecule has 170 valence electrons. The quantitative estimate of drug-likeness (QED) is 0.610. The van der Waals surface area contributed by atoms with Crippen LogP contribution in [0.1, 0.15) is 44.0 Å². The Hall–Kier alpha value is -3.42. The summed E-state index contributed by atoms with van der Waals surface area (Å²) in [5.41, 5.74) is -0.134. The number of halogens is 1. The van der Waals surface area contributed by atoms with Crippen LogP contribution >= 0.6 is 0 Å². The van der Waals surface area contributed by atoms with Crippen LogP contribution in [0.5, 0.6) is 11.5 Å². The molecule has 1 saturated heterocycles. The van der Waals surface area contributed by atoms with Gasteiger partial charge in [0.05, 0.1) is 26.3 Å². The van der Waals surface area contributed by atoms with Gasteiger partial charge >= 0.3 is 0 Å². The number of hydrogen-bond donors (Lipinski definition) is 0. The van der Waals surface area contributed by atoms with Crippen LogP contribution in [-0.4, -0.2) is 48.4 Å². The summed E-state index contributed by atoms with van der Waals surface area (Å²) in [4.78, 5) is 42.2. The molecule has 3 rings (SSSR count). The molecule has 1 fully saturated rings. The molecule has 1 aliphatic rings. The summed E-state index contributed by atoms with van der Waals surface area (Å²) in [6, 6.07) is 8.91. The molecule has 0 N–H and O–H groups in total. The molecule has 1 aliphatic heterocycles. The molecule has 2 aromatic rings. The highest BCUT2D eigenvalue weighted by atomic mass is 19.1. The van der Waals surface area contributed by atoms with E-state index in [1.807, 2.05) is 20.8 Å². The van der Waals surface area contributed by atoms with Crippen LogP contribution in [0.4, 0.5) is 10.1 Å². The number of benzene rings is 2. The van der Waals surface area contributed by atoms with Gasteiger partial charge in [-0.05, 0) is 62.7 Å². The van der Waals surface area contributed by atoms with Crippen molar-refractivity contribution in [3.63, 3.8) is 0 Å². The lowest BCUT2D eigenvalue weighted by molar-refractivity contribution is -0.123. The second kappa shape index (κ2) is 8.98. The van der Waals surface area contributed by atoms with E-state index in [0.29, 0.717) is 23.5 Å². The number of carbonyl (C=O) groups is 3. The van der Waals surface area contributed by atoms with E-state index in [0.717, 1.165) is 4.90 Å². The third kappa shape index (κ3) is 4.17. The molecule has 0 bridgehead atoms. The molecule has 0 aliphatic carbocycles. The van der Waals surface area contributed by atoms with Gasteiger partial charge in [0, 0.05) is 11.1 Å². The number of hydrogen-bond acceptors (Lipinski definition) is 5. The van der Waals surface area contributed by atoms with Crippen LogP contribution in [0.25, 0.3) is 0 Å². The average molecular weight is 442 g/mol. The molecular weight excluding hydrogens is 415 g/mol. The van der Waals surface area contributed by atoms with Gasteiger partial charge in [0.25, 0.3) is 11.8 Å². The highest BCUT2D eigenvalue weighted by molar-refractivity contribution is 6.23. The van der Waals surface area contributed by atoms with Crippen LogP contribution in [-0.2, 0) is 9.59 Å². The van der Waals surface area contributed by atoms with Crippen molar-refractivity contribution < 1.29 is 28.2 Å². The van der Waals surface area contributed by atoms with Crippen molar-refractivity contribution >= 4 is 23.4 Å². The predicted octanol–water partition coefficient (Wildman–Crippen LogP) is 3.81. The normalized spacial score (nSPS) is 16.3. The first-order chi connectivity index (χ1) is 15.1. The van der Waals surface area contributed by atoms with Crippen molar-refractivity contribution in [2.75, 3.05) is 19.1 Å². The number of carbonyl (C=O) groups excluding carboxylic acids is 3. The van der Waals surface area contributed by atoms with E-state index in [2.05, 4.69) is 0 Å². The van der Waals surface area contributed by atoms with E-state index in [1.54, 1.807) is 18.2 Å². The van der Waals surface area contributed by atoms with Gasteiger partial charge in [0.2, 0.25) is 5.91 Å². The molecule has 0 aromatic heterocycles. The van der Waals surface area contributed by atoms with E-state index >= 15 is 0 Å². The van der Waals surface area contributed by atoms with E-state index < -0.39 is 35.1 Å². The van der Waals surface area contributed by atoms with Crippen molar-refractivity contribution in [3.05, 3.63) is 53.8 Å². The van der Waals surface area contributed by atoms with Gasteiger partial charge in [-0.3, -0.25) is 14.4 Å². The number of methoxy groups -OCH3 is 2. The van der Waals surface area contributed by atoms with E-state index in [1.165, 1.54) is 43.4 Å². The molecule has 0 radical (unpaired) electrons. The summed E-state index contributed by atoms with van der Waals surface area (Å²) in [5, 5.41) is 0. The number of anilines is 1. The number of amides is 3. The first-order valence-electron chi connectivity index (χ1n) is 10.3. The lowest BCUT2D eigenvalue weighted by atomic mass is 9.94. The maximum atomic E-state index is 13.6. The zero-order valence-corrected chi connectivity index (χ0v) is 18.8. The van der Waals surface area contributed by atoms with Gasteiger partial charge in [-0.2, -0.15) is 0 Å². The Morgan fingerprint density at radius 3 is 2.28 bits per heavy atom. The Labute approximate surface area is 186 Å². The third-order valence-corrected chi connectivity index (χ3v) is 5.89. The minimum absolute atomic E-state index is 0.154. The first-order valence-corrected chi connectivity index (χ1v) is 10.3. The summed E-state index contributed by atoms with van der Waals surface area (Å²) >= 11 is 0. The fraction of sp³-hybridized carbons (Fsp3) is 0.375. The van der Waals surface area contributed by atoms with Gasteiger partial charge in [-0.25, -0.2) is 9.29 Å². The maximum Gasteiger partial charge on any atom is 0.257 e. The largest absolute Gasteiger partial charge is 0.493 e. The molecule has 32 heavy (non-hydrogen) atoms. The third-order valence-electron chi connectivity index (χ3n) is 5.89. The summed E-state index contributed by atoms with van der Waals surface area (Å²) in [5.74, 6) is -0.971. The molecular formula is C24H27FN2O5. The Balaban J connectivity index is 2.01. The monoisotopic (exact) mass is 442 g/mol.